The first-order valence-corrected chi connectivity index (χ1v) is 9.14. The molecule has 6 nitrogen and oxygen atoms in total. The molecule has 2 amide bonds. The van der Waals surface area contributed by atoms with Gasteiger partial charge in [0.2, 0.25) is 5.91 Å². The normalized spacial score (nSPS) is 28.6. The largest absolute Gasteiger partial charge is 0.373 e. The van der Waals surface area contributed by atoms with Crippen molar-refractivity contribution in [1.29, 1.82) is 0 Å². The summed E-state index contributed by atoms with van der Waals surface area (Å²) < 4.78 is 5.87. The minimum Gasteiger partial charge on any atom is -0.373 e. The molecule has 1 aromatic rings. The van der Waals surface area contributed by atoms with E-state index in [0.717, 1.165) is 31.4 Å². The van der Waals surface area contributed by atoms with E-state index in [-0.39, 0.29) is 41.5 Å². The number of rotatable bonds is 5. The highest BCUT2D eigenvalue weighted by atomic mass is 16.5. The summed E-state index contributed by atoms with van der Waals surface area (Å²) in [6.07, 6.45) is 3.41. The van der Waals surface area contributed by atoms with Crippen LogP contribution in [0.2, 0.25) is 0 Å². The van der Waals surface area contributed by atoms with E-state index in [1.165, 1.54) is 0 Å². The molecule has 0 aromatic carbocycles. The molecule has 0 aliphatic heterocycles. The molecule has 2 fully saturated rings. The number of ether oxygens (including phenoxy) is 1. The third-order valence-electron chi connectivity index (χ3n) is 4.88. The van der Waals surface area contributed by atoms with E-state index in [4.69, 9.17) is 4.74 Å². The maximum absolute atomic E-state index is 12.2. The zero-order valence-electron chi connectivity index (χ0n) is 15.5. The van der Waals surface area contributed by atoms with Crippen molar-refractivity contribution in [2.24, 2.45) is 5.92 Å². The average molecular weight is 347 g/mol. The van der Waals surface area contributed by atoms with Crippen LogP contribution in [-0.4, -0.2) is 40.6 Å². The fraction of sp³-hybridized carbons (Fsp3) is 0.684. The summed E-state index contributed by atoms with van der Waals surface area (Å²) in [7, 11) is 0. The minimum atomic E-state index is -0.150. The molecular formula is C19H29N3O3. The van der Waals surface area contributed by atoms with Gasteiger partial charge in [-0.2, -0.15) is 0 Å². The van der Waals surface area contributed by atoms with Crippen LogP contribution >= 0.6 is 0 Å². The molecule has 2 aliphatic rings. The zero-order valence-corrected chi connectivity index (χ0v) is 15.5. The fourth-order valence-electron chi connectivity index (χ4n) is 3.45. The summed E-state index contributed by atoms with van der Waals surface area (Å²) in [6, 6.07) is 3.98. The third kappa shape index (κ3) is 4.63. The summed E-state index contributed by atoms with van der Waals surface area (Å²) in [5.74, 6) is 0.121. The van der Waals surface area contributed by atoms with Crippen molar-refractivity contribution in [1.82, 2.24) is 15.6 Å². The number of hydrogen-bond acceptors (Lipinski definition) is 3. The maximum Gasteiger partial charge on any atom is 0.267 e. The molecule has 1 heterocycles. The van der Waals surface area contributed by atoms with Crippen molar-refractivity contribution in [2.45, 2.75) is 77.2 Å². The number of carbonyl (C=O) groups is 2. The quantitative estimate of drug-likeness (QED) is 0.764. The predicted octanol–water partition coefficient (Wildman–Crippen LogP) is 2.29. The second-order valence-corrected chi connectivity index (χ2v) is 8.42. The first-order chi connectivity index (χ1) is 11.7. The molecule has 0 unspecified atom stereocenters. The summed E-state index contributed by atoms with van der Waals surface area (Å²) in [5.41, 5.74) is 1.41. The number of aromatic nitrogens is 1. The van der Waals surface area contributed by atoms with Crippen molar-refractivity contribution in [2.75, 3.05) is 0 Å². The van der Waals surface area contributed by atoms with E-state index >= 15 is 0 Å². The fourth-order valence-corrected chi connectivity index (χ4v) is 3.45. The molecule has 3 N–H and O–H groups in total. The summed E-state index contributed by atoms with van der Waals surface area (Å²) in [6.45, 7) is 8.04. The van der Waals surface area contributed by atoms with Gasteiger partial charge in [0.15, 0.2) is 0 Å². The zero-order chi connectivity index (χ0) is 18.2. The number of carbonyl (C=O) groups excluding carboxylic acids is 2. The lowest BCUT2D eigenvalue weighted by Crippen LogP contribution is -2.56. The van der Waals surface area contributed by atoms with Crippen LogP contribution in [0.1, 0.15) is 62.6 Å². The average Bonchev–Trinajstić information content (AvgIpc) is 2.85. The van der Waals surface area contributed by atoms with Crippen molar-refractivity contribution in [3.63, 3.8) is 0 Å². The van der Waals surface area contributed by atoms with Gasteiger partial charge in [-0.15, -0.1) is 0 Å². The second-order valence-electron chi connectivity index (χ2n) is 8.42. The van der Waals surface area contributed by atoms with E-state index in [0.29, 0.717) is 5.69 Å². The number of hydrogen-bond donors (Lipinski definition) is 3. The van der Waals surface area contributed by atoms with Gasteiger partial charge in [0.05, 0.1) is 11.7 Å². The van der Waals surface area contributed by atoms with Gasteiger partial charge in [-0.05, 0) is 65.5 Å². The van der Waals surface area contributed by atoms with Crippen LogP contribution in [0.5, 0.6) is 0 Å². The van der Waals surface area contributed by atoms with Gasteiger partial charge in [-0.25, -0.2) is 0 Å². The van der Waals surface area contributed by atoms with Gasteiger partial charge < -0.3 is 20.4 Å². The smallest absolute Gasteiger partial charge is 0.267 e. The van der Waals surface area contributed by atoms with Gasteiger partial charge in [-0.3, -0.25) is 9.59 Å². The molecule has 2 saturated carbocycles. The Kier molecular flexibility index (Phi) is 4.91. The first kappa shape index (κ1) is 18.0. The van der Waals surface area contributed by atoms with Gasteiger partial charge in [0.25, 0.3) is 5.91 Å². The molecule has 1 aromatic heterocycles. The van der Waals surface area contributed by atoms with Gasteiger partial charge >= 0.3 is 0 Å². The van der Waals surface area contributed by atoms with E-state index in [1.807, 2.05) is 33.8 Å². The molecule has 0 radical (unpaired) electrons. The van der Waals surface area contributed by atoms with Crippen LogP contribution in [-0.2, 0) is 9.53 Å². The molecule has 3 rings (SSSR count). The Morgan fingerprint density at radius 1 is 1.08 bits per heavy atom. The summed E-state index contributed by atoms with van der Waals surface area (Å²) in [4.78, 5) is 27.3. The molecule has 0 bridgehead atoms. The standard InChI is InChI=1S/C19H29N3O3/c1-11-5-6-16(20-11)18(24)22-14-9-13(10-14)21-17(23)12-7-15(8-12)25-19(2,3)4/h5-6,12-15,20H,7-10H2,1-4H3,(H,21,23)(H,22,24). The van der Waals surface area contributed by atoms with E-state index in [9.17, 15) is 9.59 Å². The van der Waals surface area contributed by atoms with Crippen LogP contribution in [0.3, 0.4) is 0 Å². The van der Waals surface area contributed by atoms with E-state index < -0.39 is 0 Å². The second kappa shape index (κ2) is 6.83. The van der Waals surface area contributed by atoms with Crippen molar-refractivity contribution < 1.29 is 14.3 Å². The number of H-pyrrole nitrogens is 1. The van der Waals surface area contributed by atoms with Crippen LogP contribution in [0.15, 0.2) is 12.1 Å². The highest BCUT2D eigenvalue weighted by Crippen LogP contribution is 2.33. The Balaban J connectivity index is 1.33. The molecule has 2 aliphatic carbocycles. The summed E-state index contributed by atoms with van der Waals surface area (Å²) >= 11 is 0. The van der Waals surface area contributed by atoms with E-state index in [2.05, 4.69) is 15.6 Å². The molecule has 0 spiro atoms. The van der Waals surface area contributed by atoms with Crippen LogP contribution < -0.4 is 10.6 Å². The number of aromatic amines is 1. The Morgan fingerprint density at radius 2 is 1.72 bits per heavy atom. The molecular weight excluding hydrogens is 318 g/mol. The molecule has 25 heavy (non-hydrogen) atoms. The number of nitrogens with one attached hydrogen (secondary N) is 3. The van der Waals surface area contributed by atoms with Crippen molar-refractivity contribution in [3.8, 4) is 0 Å². The Labute approximate surface area is 149 Å². The summed E-state index contributed by atoms with van der Waals surface area (Å²) in [5, 5.41) is 6.09. The number of amides is 2. The van der Waals surface area contributed by atoms with Crippen LogP contribution in [0.25, 0.3) is 0 Å². The highest BCUT2D eigenvalue weighted by Gasteiger charge is 2.39. The monoisotopic (exact) mass is 347 g/mol. The molecule has 0 saturated heterocycles. The third-order valence-corrected chi connectivity index (χ3v) is 4.88. The highest BCUT2D eigenvalue weighted by molar-refractivity contribution is 5.92. The van der Waals surface area contributed by atoms with Gasteiger partial charge in [-0.1, -0.05) is 0 Å². The molecule has 0 atom stereocenters. The van der Waals surface area contributed by atoms with E-state index in [1.54, 1.807) is 6.07 Å². The Hall–Kier alpha value is -1.82. The lowest BCUT2D eigenvalue weighted by molar-refractivity contribution is -0.145. The van der Waals surface area contributed by atoms with Crippen molar-refractivity contribution in [3.05, 3.63) is 23.5 Å². The topological polar surface area (TPSA) is 83.2 Å². The first-order valence-electron chi connectivity index (χ1n) is 9.14. The molecule has 138 valence electrons. The number of aryl methyl sites for hydroxylation is 1. The SMILES string of the molecule is Cc1ccc(C(=O)NC2CC(NC(=O)C3CC(OC(C)(C)C)C3)C2)[nH]1. The van der Waals surface area contributed by atoms with Gasteiger partial charge in [0, 0.05) is 23.7 Å². The van der Waals surface area contributed by atoms with Crippen LogP contribution in [0.4, 0.5) is 0 Å². The predicted molar refractivity (Wildman–Crippen MR) is 95.3 cm³/mol. The Morgan fingerprint density at radius 3 is 2.28 bits per heavy atom. The lowest BCUT2D eigenvalue weighted by atomic mass is 9.80. The Bertz CT molecular complexity index is 635. The lowest BCUT2D eigenvalue weighted by Gasteiger charge is -2.41. The molecule has 6 heteroatoms. The van der Waals surface area contributed by atoms with Crippen LogP contribution in [0, 0.1) is 12.8 Å². The minimum absolute atomic E-state index is 0.0721. The maximum atomic E-state index is 12.2. The van der Waals surface area contributed by atoms with Crippen molar-refractivity contribution >= 4 is 11.8 Å². The van der Waals surface area contributed by atoms with Gasteiger partial charge in [0.1, 0.15) is 5.69 Å².